The first-order chi connectivity index (χ1) is 10.3. The van der Waals surface area contributed by atoms with Crippen LogP contribution in [0.25, 0.3) is 22.2 Å². The number of benzene rings is 1. The Hall–Kier alpha value is -1.74. The summed E-state index contributed by atoms with van der Waals surface area (Å²) in [7, 11) is 0. The van der Waals surface area contributed by atoms with Gasteiger partial charge in [0.05, 0.1) is 16.1 Å². The summed E-state index contributed by atoms with van der Waals surface area (Å²) in [5, 5.41) is 14.1. The number of thiophene rings is 1. The average Bonchev–Trinajstić information content (AvgIpc) is 3.17. The van der Waals surface area contributed by atoms with Crippen molar-refractivity contribution in [3.05, 3.63) is 62.2 Å². The van der Waals surface area contributed by atoms with Gasteiger partial charge in [-0.15, -0.1) is 22.7 Å². The molecule has 0 saturated carbocycles. The molecule has 0 atom stereocenters. The van der Waals surface area contributed by atoms with Crippen molar-refractivity contribution in [1.29, 1.82) is 5.26 Å². The zero-order chi connectivity index (χ0) is 14.7. The Balaban J connectivity index is 1.94. The normalized spacial score (nSPS) is 11.3. The van der Waals surface area contributed by atoms with E-state index in [1.54, 1.807) is 11.3 Å². The Labute approximate surface area is 139 Å². The van der Waals surface area contributed by atoms with E-state index < -0.39 is 0 Å². The lowest BCUT2D eigenvalue weighted by atomic mass is 10.1. The molecular formula is C16H9BrN2S2. The fourth-order valence-corrected chi connectivity index (χ4v) is 3.61. The van der Waals surface area contributed by atoms with E-state index in [2.05, 4.69) is 27.0 Å². The minimum atomic E-state index is 0.588. The molecule has 0 unspecified atom stereocenters. The molecule has 0 saturated heterocycles. The molecule has 2 heterocycles. The molecule has 3 rings (SSSR count). The van der Waals surface area contributed by atoms with Crippen LogP contribution in [0.3, 0.4) is 0 Å². The van der Waals surface area contributed by atoms with E-state index in [-0.39, 0.29) is 0 Å². The van der Waals surface area contributed by atoms with Gasteiger partial charge in [0.15, 0.2) is 0 Å². The number of halogens is 1. The Kier molecular flexibility index (Phi) is 4.30. The molecule has 0 aliphatic heterocycles. The summed E-state index contributed by atoms with van der Waals surface area (Å²) in [6.45, 7) is 0. The fraction of sp³-hybridized carbons (Fsp3) is 0. The zero-order valence-electron chi connectivity index (χ0n) is 10.8. The van der Waals surface area contributed by atoms with E-state index in [1.165, 1.54) is 11.3 Å². The van der Waals surface area contributed by atoms with E-state index in [1.807, 2.05) is 53.2 Å². The lowest BCUT2D eigenvalue weighted by Crippen LogP contribution is -1.81. The Morgan fingerprint density at radius 3 is 2.67 bits per heavy atom. The first-order valence-electron chi connectivity index (χ1n) is 6.13. The van der Waals surface area contributed by atoms with Gasteiger partial charge in [0.2, 0.25) is 0 Å². The van der Waals surface area contributed by atoms with Gasteiger partial charge in [0, 0.05) is 9.85 Å². The second-order valence-corrected chi connectivity index (χ2v) is 6.96. The van der Waals surface area contributed by atoms with Crippen LogP contribution in [0.4, 0.5) is 0 Å². The zero-order valence-corrected chi connectivity index (χ0v) is 14.0. The molecule has 102 valence electrons. The molecule has 0 aliphatic carbocycles. The van der Waals surface area contributed by atoms with E-state index in [4.69, 9.17) is 0 Å². The van der Waals surface area contributed by atoms with Crippen LogP contribution in [-0.2, 0) is 0 Å². The highest BCUT2D eigenvalue weighted by molar-refractivity contribution is 9.10. The third-order valence-electron chi connectivity index (χ3n) is 2.81. The molecule has 5 heteroatoms. The summed E-state index contributed by atoms with van der Waals surface area (Å²) in [6.07, 6.45) is 1.86. The summed E-state index contributed by atoms with van der Waals surface area (Å²) < 4.78 is 1.02. The van der Waals surface area contributed by atoms with Gasteiger partial charge in [0.25, 0.3) is 0 Å². The molecule has 0 bridgehead atoms. The lowest BCUT2D eigenvalue weighted by molar-refractivity contribution is 1.38. The Bertz CT molecular complexity index is 809. The van der Waals surface area contributed by atoms with Crippen LogP contribution < -0.4 is 0 Å². The van der Waals surface area contributed by atoms with Crippen molar-refractivity contribution in [3.8, 4) is 16.6 Å². The van der Waals surface area contributed by atoms with Gasteiger partial charge in [-0.1, -0.05) is 34.1 Å². The third kappa shape index (κ3) is 3.30. The number of aromatic nitrogens is 1. The number of nitrogens with zero attached hydrogens (tertiary/aromatic N) is 2. The summed E-state index contributed by atoms with van der Waals surface area (Å²) >= 11 is 6.55. The predicted molar refractivity (Wildman–Crippen MR) is 93.1 cm³/mol. The highest BCUT2D eigenvalue weighted by Gasteiger charge is 2.09. The van der Waals surface area contributed by atoms with Crippen LogP contribution in [0.5, 0.6) is 0 Å². The SMILES string of the molecule is N#CC(=Cc1ccc(Br)cc1)c1nc(-c2cccs2)cs1. The van der Waals surface area contributed by atoms with Crippen LogP contribution in [0.1, 0.15) is 10.6 Å². The number of hydrogen-bond donors (Lipinski definition) is 0. The van der Waals surface area contributed by atoms with Crippen molar-refractivity contribution >= 4 is 50.3 Å². The van der Waals surface area contributed by atoms with Crippen molar-refractivity contribution in [1.82, 2.24) is 4.98 Å². The van der Waals surface area contributed by atoms with Crippen LogP contribution in [-0.4, -0.2) is 4.98 Å². The van der Waals surface area contributed by atoms with E-state index >= 15 is 0 Å². The van der Waals surface area contributed by atoms with Crippen molar-refractivity contribution in [2.24, 2.45) is 0 Å². The van der Waals surface area contributed by atoms with Crippen molar-refractivity contribution in [3.63, 3.8) is 0 Å². The van der Waals surface area contributed by atoms with Crippen molar-refractivity contribution in [2.75, 3.05) is 0 Å². The molecule has 2 aromatic heterocycles. The van der Waals surface area contributed by atoms with Gasteiger partial charge in [-0.25, -0.2) is 4.98 Å². The molecule has 2 nitrogen and oxygen atoms in total. The number of nitriles is 1. The molecule has 0 fully saturated rings. The molecule has 3 aromatic rings. The van der Waals surface area contributed by atoms with E-state index in [9.17, 15) is 5.26 Å². The number of allylic oxidation sites excluding steroid dienone is 1. The highest BCUT2D eigenvalue weighted by Crippen LogP contribution is 2.29. The first kappa shape index (κ1) is 14.2. The largest absolute Gasteiger partial charge is 0.234 e. The maximum atomic E-state index is 9.38. The molecule has 21 heavy (non-hydrogen) atoms. The number of rotatable bonds is 3. The van der Waals surface area contributed by atoms with Crippen molar-refractivity contribution in [2.45, 2.75) is 0 Å². The minimum Gasteiger partial charge on any atom is -0.234 e. The van der Waals surface area contributed by atoms with Gasteiger partial charge in [0.1, 0.15) is 11.1 Å². The Morgan fingerprint density at radius 1 is 1.19 bits per heavy atom. The summed E-state index contributed by atoms with van der Waals surface area (Å²) in [5.41, 5.74) is 2.51. The quantitative estimate of drug-likeness (QED) is 0.553. The van der Waals surface area contributed by atoms with Crippen molar-refractivity contribution < 1.29 is 0 Å². The lowest BCUT2D eigenvalue weighted by Gasteiger charge is -1.96. The van der Waals surface area contributed by atoms with Crippen LogP contribution >= 0.6 is 38.6 Å². The first-order valence-corrected chi connectivity index (χ1v) is 8.68. The maximum Gasteiger partial charge on any atom is 0.134 e. The number of hydrogen-bond acceptors (Lipinski definition) is 4. The predicted octanol–water partition coefficient (Wildman–Crippen LogP) is 5.70. The van der Waals surface area contributed by atoms with Crippen LogP contribution in [0.2, 0.25) is 0 Å². The molecular weight excluding hydrogens is 364 g/mol. The van der Waals surface area contributed by atoms with Gasteiger partial charge in [-0.05, 0) is 35.2 Å². The molecule has 1 aromatic carbocycles. The number of thiazole rings is 1. The highest BCUT2D eigenvalue weighted by atomic mass is 79.9. The molecule has 0 spiro atoms. The van der Waals surface area contributed by atoms with Gasteiger partial charge in [-0.3, -0.25) is 0 Å². The van der Waals surface area contributed by atoms with E-state index in [0.29, 0.717) is 5.57 Å². The second kappa shape index (κ2) is 6.35. The van der Waals surface area contributed by atoms with Gasteiger partial charge < -0.3 is 0 Å². The monoisotopic (exact) mass is 372 g/mol. The fourth-order valence-electron chi connectivity index (χ4n) is 1.80. The van der Waals surface area contributed by atoms with E-state index in [0.717, 1.165) is 25.6 Å². The maximum absolute atomic E-state index is 9.38. The molecule has 0 amide bonds. The molecule has 0 aliphatic rings. The van der Waals surface area contributed by atoms with Gasteiger partial charge in [-0.2, -0.15) is 5.26 Å². The average molecular weight is 373 g/mol. The topological polar surface area (TPSA) is 36.7 Å². The summed E-state index contributed by atoms with van der Waals surface area (Å²) in [4.78, 5) is 5.69. The third-order valence-corrected chi connectivity index (χ3v) is 5.11. The standard InChI is InChI=1S/C16H9BrN2S2/c17-13-5-3-11(4-6-13)8-12(9-18)16-19-14(10-21-16)15-2-1-7-20-15/h1-8,10H. The van der Waals surface area contributed by atoms with Crippen LogP contribution in [0.15, 0.2) is 51.6 Å². The Morgan fingerprint density at radius 2 is 2.00 bits per heavy atom. The minimum absolute atomic E-state index is 0.588. The van der Waals surface area contributed by atoms with Gasteiger partial charge >= 0.3 is 0 Å². The molecule has 0 N–H and O–H groups in total. The smallest absolute Gasteiger partial charge is 0.134 e. The van der Waals surface area contributed by atoms with Crippen LogP contribution in [0, 0.1) is 11.3 Å². The second-order valence-electron chi connectivity index (χ2n) is 4.24. The summed E-state index contributed by atoms with van der Waals surface area (Å²) in [6, 6.07) is 14.1. The molecule has 0 radical (unpaired) electrons. The summed E-state index contributed by atoms with van der Waals surface area (Å²) in [5.74, 6) is 0.